The number of hydrogen-bond donors (Lipinski definition) is 1. The molecule has 7 nitrogen and oxygen atoms in total. The van der Waals surface area contributed by atoms with Crippen molar-refractivity contribution in [3.63, 3.8) is 0 Å². The van der Waals surface area contributed by atoms with Crippen LogP contribution in [0.25, 0.3) is 0 Å². The average molecular weight is 429 g/mol. The van der Waals surface area contributed by atoms with Crippen LogP contribution in [-0.4, -0.2) is 84.0 Å². The van der Waals surface area contributed by atoms with Crippen molar-refractivity contribution in [3.05, 3.63) is 35.4 Å². The van der Waals surface area contributed by atoms with Gasteiger partial charge in [-0.2, -0.15) is 13.2 Å². The molecule has 2 aliphatic heterocycles. The highest BCUT2D eigenvalue weighted by atomic mass is 19.4. The third-order valence-electron chi connectivity index (χ3n) is 5.16. The predicted molar refractivity (Wildman–Crippen MR) is 102 cm³/mol. The van der Waals surface area contributed by atoms with E-state index in [4.69, 9.17) is 9.90 Å². The molecule has 2 heterocycles. The molecule has 2 amide bonds. The third-order valence-corrected chi connectivity index (χ3v) is 5.16. The minimum atomic E-state index is -5.08. The van der Waals surface area contributed by atoms with Crippen molar-refractivity contribution in [2.45, 2.75) is 19.6 Å². The van der Waals surface area contributed by atoms with Gasteiger partial charge in [0, 0.05) is 46.2 Å². The number of halogens is 3. The van der Waals surface area contributed by atoms with Gasteiger partial charge < -0.3 is 14.9 Å². The highest BCUT2D eigenvalue weighted by molar-refractivity contribution is 5.82. The first kappa shape index (κ1) is 23.7. The summed E-state index contributed by atoms with van der Waals surface area (Å²) in [5.41, 5.74) is 2.42. The van der Waals surface area contributed by atoms with Gasteiger partial charge in [0.2, 0.25) is 11.8 Å². The number of carboxylic acid groups (broad SMARTS) is 1. The molecule has 3 rings (SSSR count). The minimum absolute atomic E-state index is 0.0646. The van der Waals surface area contributed by atoms with E-state index in [1.165, 1.54) is 11.1 Å². The Morgan fingerprint density at radius 2 is 1.83 bits per heavy atom. The lowest BCUT2D eigenvalue weighted by molar-refractivity contribution is -0.192. The maximum absolute atomic E-state index is 12.6. The molecule has 10 heteroatoms. The Morgan fingerprint density at radius 1 is 1.20 bits per heavy atom. The van der Waals surface area contributed by atoms with Gasteiger partial charge in [-0.05, 0) is 12.5 Å². The minimum Gasteiger partial charge on any atom is -0.475 e. The molecule has 2 atom stereocenters. The molecule has 0 saturated carbocycles. The number of carbonyl (C=O) groups excluding carboxylic acids is 2. The number of hydrogen-bond acceptors (Lipinski definition) is 4. The van der Waals surface area contributed by atoms with E-state index in [1.54, 1.807) is 19.0 Å². The monoisotopic (exact) mass is 429 g/mol. The van der Waals surface area contributed by atoms with E-state index in [9.17, 15) is 22.8 Å². The van der Waals surface area contributed by atoms with Gasteiger partial charge in [0.25, 0.3) is 0 Å². The van der Waals surface area contributed by atoms with Crippen LogP contribution in [0.5, 0.6) is 0 Å². The van der Waals surface area contributed by atoms with Crippen molar-refractivity contribution < 1.29 is 32.7 Å². The van der Waals surface area contributed by atoms with Gasteiger partial charge in [0.15, 0.2) is 0 Å². The maximum Gasteiger partial charge on any atom is 0.490 e. The van der Waals surface area contributed by atoms with E-state index in [0.717, 1.165) is 13.1 Å². The fourth-order valence-corrected chi connectivity index (χ4v) is 3.67. The summed E-state index contributed by atoms with van der Waals surface area (Å²) in [6, 6.07) is 8.34. The Morgan fingerprint density at radius 3 is 2.33 bits per heavy atom. The summed E-state index contributed by atoms with van der Waals surface area (Å²) in [6.07, 6.45) is -5.08. The number of benzene rings is 1. The fraction of sp³-hybridized carbons (Fsp3) is 0.550. The Hall–Kier alpha value is -2.62. The Labute approximate surface area is 173 Å². The number of carboxylic acids is 1. The van der Waals surface area contributed by atoms with Gasteiger partial charge in [-0.3, -0.25) is 14.5 Å². The van der Waals surface area contributed by atoms with Crippen LogP contribution in [0.1, 0.15) is 11.1 Å². The average Bonchev–Trinajstić information content (AvgIpc) is 3.14. The molecule has 1 aromatic carbocycles. The first-order valence-electron chi connectivity index (χ1n) is 9.45. The molecule has 30 heavy (non-hydrogen) atoms. The van der Waals surface area contributed by atoms with E-state index in [0.29, 0.717) is 25.6 Å². The van der Waals surface area contributed by atoms with E-state index in [-0.39, 0.29) is 17.7 Å². The summed E-state index contributed by atoms with van der Waals surface area (Å²) in [5, 5.41) is 7.12. The first-order valence-corrected chi connectivity index (χ1v) is 9.45. The standard InChI is InChI=1S/C18H25N3O2.C2HF3O2/c1-13-5-4-6-14(7-13)8-21-10-15-9-20(11-16(15)18(21)23)12-17(22)19(2)3;3-2(4,5)1(6)7/h4-7,15-16H,8-12H2,1-3H3;(H,6,7)/t15-,16-;/m0./s1. The van der Waals surface area contributed by atoms with Crippen LogP contribution in [0, 0.1) is 18.8 Å². The Kier molecular flexibility index (Phi) is 7.46. The van der Waals surface area contributed by atoms with Gasteiger partial charge >= 0.3 is 12.1 Å². The van der Waals surface area contributed by atoms with E-state index in [2.05, 4.69) is 30.0 Å². The number of fused-ring (bicyclic) bond motifs is 1. The van der Waals surface area contributed by atoms with Crippen LogP contribution in [-0.2, 0) is 20.9 Å². The van der Waals surface area contributed by atoms with E-state index in [1.807, 2.05) is 11.0 Å². The Bertz CT molecular complexity index is 798. The smallest absolute Gasteiger partial charge is 0.475 e. The lowest BCUT2D eigenvalue weighted by Crippen LogP contribution is -2.38. The summed E-state index contributed by atoms with van der Waals surface area (Å²) in [6.45, 7) is 5.57. The molecule has 2 fully saturated rings. The molecule has 0 bridgehead atoms. The zero-order valence-corrected chi connectivity index (χ0v) is 17.1. The molecule has 0 aliphatic carbocycles. The van der Waals surface area contributed by atoms with E-state index >= 15 is 0 Å². The molecule has 0 radical (unpaired) electrons. The number of rotatable bonds is 4. The van der Waals surface area contributed by atoms with Gasteiger partial charge in [-0.15, -0.1) is 0 Å². The lowest BCUT2D eigenvalue weighted by atomic mass is 10.0. The summed E-state index contributed by atoms with van der Waals surface area (Å²) >= 11 is 0. The zero-order valence-electron chi connectivity index (χ0n) is 17.1. The van der Waals surface area contributed by atoms with Gasteiger partial charge in [-0.25, -0.2) is 4.79 Å². The van der Waals surface area contributed by atoms with Gasteiger partial charge in [0.05, 0.1) is 12.5 Å². The summed E-state index contributed by atoms with van der Waals surface area (Å²) in [7, 11) is 3.54. The normalized spacial score (nSPS) is 21.1. The van der Waals surface area contributed by atoms with Crippen molar-refractivity contribution in [2.24, 2.45) is 11.8 Å². The number of amides is 2. The van der Waals surface area contributed by atoms with Crippen LogP contribution in [0.2, 0.25) is 0 Å². The van der Waals surface area contributed by atoms with Crippen LogP contribution < -0.4 is 0 Å². The molecule has 1 N–H and O–H groups in total. The number of likely N-dealkylation sites (tertiary alicyclic amines) is 2. The van der Waals surface area contributed by atoms with Gasteiger partial charge in [0.1, 0.15) is 0 Å². The molecular weight excluding hydrogens is 403 g/mol. The van der Waals surface area contributed by atoms with Crippen molar-refractivity contribution in [3.8, 4) is 0 Å². The molecule has 2 saturated heterocycles. The SMILES string of the molecule is Cc1cccc(CN2C[C@@H]3CN(CC(=O)N(C)C)C[C@@H]3C2=O)c1.O=C(O)C(F)(F)F. The number of likely N-dealkylation sites (N-methyl/N-ethyl adjacent to an activating group) is 1. The fourth-order valence-electron chi connectivity index (χ4n) is 3.67. The topological polar surface area (TPSA) is 81.2 Å². The molecular formula is C20H26F3N3O4. The second-order valence-corrected chi connectivity index (χ2v) is 7.86. The first-order chi connectivity index (χ1) is 13.9. The number of nitrogens with zero attached hydrogens (tertiary/aromatic N) is 3. The quantitative estimate of drug-likeness (QED) is 0.787. The molecule has 2 aliphatic rings. The lowest BCUT2D eigenvalue weighted by Gasteiger charge is -2.22. The molecule has 0 aromatic heterocycles. The Balaban J connectivity index is 0.000000396. The van der Waals surface area contributed by atoms with Crippen LogP contribution >= 0.6 is 0 Å². The van der Waals surface area contributed by atoms with Crippen LogP contribution in [0.4, 0.5) is 13.2 Å². The number of aliphatic carboxylic acids is 1. The predicted octanol–water partition coefficient (Wildman–Crippen LogP) is 1.61. The summed E-state index contributed by atoms with van der Waals surface area (Å²) in [5.74, 6) is -1.98. The molecule has 0 spiro atoms. The van der Waals surface area contributed by atoms with E-state index < -0.39 is 12.1 Å². The summed E-state index contributed by atoms with van der Waals surface area (Å²) < 4.78 is 31.7. The van der Waals surface area contributed by atoms with Crippen molar-refractivity contribution >= 4 is 17.8 Å². The second kappa shape index (κ2) is 9.46. The highest BCUT2D eigenvalue weighted by Gasteiger charge is 2.46. The van der Waals surface area contributed by atoms with Crippen molar-refractivity contribution in [1.29, 1.82) is 0 Å². The molecule has 166 valence electrons. The molecule has 1 aromatic rings. The van der Waals surface area contributed by atoms with Crippen molar-refractivity contribution in [1.82, 2.24) is 14.7 Å². The third kappa shape index (κ3) is 6.19. The maximum atomic E-state index is 12.6. The number of alkyl halides is 3. The number of aryl methyl sites for hydroxylation is 1. The highest BCUT2D eigenvalue weighted by Crippen LogP contribution is 2.33. The second-order valence-electron chi connectivity index (χ2n) is 7.86. The largest absolute Gasteiger partial charge is 0.490 e. The van der Waals surface area contributed by atoms with Crippen LogP contribution in [0.15, 0.2) is 24.3 Å². The van der Waals surface area contributed by atoms with Crippen LogP contribution in [0.3, 0.4) is 0 Å². The summed E-state index contributed by atoms with van der Waals surface area (Å²) in [4.78, 5) is 39.1. The van der Waals surface area contributed by atoms with Gasteiger partial charge in [-0.1, -0.05) is 29.8 Å². The zero-order chi connectivity index (χ0) is 22.6. The number of carbonyl (C=O) groups is 3. The van der Waals surface area contributed by atoms with Crippen molar-refractivity contribution in [2.75, 3.05) is 40.3 Å². The molecule has 0 unspecified atom stereocenters.